The molecule has 0 aromatic carbocycles. The van der Waals surface area contributed by atoms with Gasteiger partial charge in [-0.05, 0) is 30.9 Å². The zero-order valence-corrected chi connectivity index (χ0v) is 14.1. The lowest BCUT2D eigenvalue weighted by Gasteiger charge is -2.16. The Morgan fingerprint density at radius 2 is 2.15 bits per heavy atom. The van der Waals surface area contributed by atoms with Crippen molar-refractivity contribution in [1.29, 1.82) is 0 Å². The van der Waals surface area contributed by atoms with Crippen molar-refractivity contribution < 1.29 is 9.13 Å². The van der Waals surface area contributed by atoms with Crippen LogP contribution in [0.2, 0.25) is 0 Å². The van der Waals surface area contributed by atoms with E-state index in [0.29, 0.717) is 22.5 Å². The number of rotatable bonds is 4. The minimum atomic E-state index is -0.707. The normalized spacial score (nSPS) is 14.0. The number of nitrogens with zero attached hydrogens (tertiary/aromatic N) is 2. The van der Waals surface area contributed by atoms with E-state index < -0.39 is 17.1 Å². The fraction of sp³-hybridized carbons (Fsp3) is 0.278. The topological polar surface area (TPSA) is 102 Å². The van der Waals surface area contributed by atoms with Crippen molar-refractivity contribution in [2.45, 2.75) is 25.3 Å². The molecule has 1 aliphatic carbocycles. The number of pyridine rings is 2. The quantitative estimate of drug-likeness (QED) is 0.738. The molecule has 0 radical (unpaired) electrons. The molecule has 0 saturated heterocycles. The minimum absolute atomic E-state index is 0.0323. The molecule has 0 unspecified atom stereocenters. The fourth-order valence-electron chi connectivity index (χ4n) is 3.24. The van der Waals surface area contributed by atoms with Gasteiger partial charge in [0.15, 0.2) is 11.6 Å². The summed E-state index contributed by atoms with van der Waals surface area (Å²) in [5.74, 6) is -0.520. The molecule has 134 valence electrons. The summed E-state index contributed by atoms with van der Waals surface area (Å²) >= 11 is 0. The Hall–Kier alpha value is -3.00. The van der Waals surface area contributed by atoms with E-state index in [2.05, 4.69) is 9.97 Å². The highest BCUT2D eigenvalue weighted by Crippen LogP contribution is 2.44. The number of hydrogen-bond donors (Lipinski definition) is 2. The fourth-order valence-corrected chi connectivity index (χ4v) is 3.24. The molecule has 4 rings (SSSR count). The minimum Gasteiger partial charge on any atom is -0.494 e. The molecule has 0 spiro atoms. The third kappa shape index (κ3) is 2.50. The molecule has 1 saturated carbocycles. The van der Waals surface area contributed by atoms with Gasteiger partial charge in [-0.25, -0.2) is 9.18 Å². The Morgan fingerprint density at radius 1 is 1.38 bits per heavy atom. The molecule has 7 nitrogen and oxygen atoms in total. The average Bonchev–Trinajstić information content (AvgIpc) is 3.46. The van der Waals surface area contributed by atoms with Gasteiger partial charge in [-0.15, -0.1) is 0 Å². The maximum absolute atomic E-state index is 14.9. The highest BCUT2D eigenvalue weighted by atomic mass is 19.1. The van der Waals surface area contributed by atoms with Gasteiger partial charge < -0.3 is 10.5 Å². The molecule has 0 atom stereocenters. The van der Waals surface area contributed by atoms with Gasteiger partial charge in [0.05, 0.1) is 30.3 Å². The molecule has 3 aromatic rings. The smallest absolute Gasteiger partial charge is 0.333 e. The molecule has 26 heavy (non-hydrogen) atoms. The largest absolute Gasteiger partial charge is 0.494 e. The number of methoxy groups -OCH3 is 1. The Bertz CT molecular complexity index is 1130. The van der Waals surface area contributed by atoms with Crippen molar-refractivity contribution in [2.24, 2.45) is 5.73 Å². The maximum Gasteiger partial charge on any atom is 0.333 e. The van der Waals surface area contributed by atoms with Gasteiger partial charge in [0.2, 0.25) is 0 Å². The van der Waals surface area contributed by atoms with E-state index in [0.717, 1.165) is 23.4 Å². The second kappa shape index (κ2) is 6.06. The second-order valence-electron chi connectivity index (χ2n) is 6.27. The highest BCUT2D eigenvalue weighted by Gasteiger charge is 2.32. The van der Waals surface area contributed by atoms with Crippen molar-refractivity contribution in [3.63, 3.8) is 0 Å². The van der Waals surface area contributed by atoms with Gasteiger partial charge in [-0.1, -0.05) is 6.07 Å². The number of H-pyrrole nitrogens is 1. The molecular weight excluding hydrogens is 339 g/mol. The lowest BCUT2D eigenvalue weighted by atomic mass is 10.1. The second-order valence-corrected chi connectivity index (χ2v) is 6.27. The lowest BCUT2D eigenvalue weighted by Crippen LogP contribution is -2.29. The van der Waals surface area contributed by atoms with Crippen LogP contribution >= 0.6 is 0 Å². The molecule has 0 aliphatic heterocycles. The van der Waals surface area contributed by atoms with Crippen molar-refractivity contribution in [3.8, 4) is 17.0 Å². The predicted molar refractivity (Wildman–Crippen MR) is 93.9 cm³/mol. The summed E-state index contributed by atoms with van der Waals surface area (Å²) in [6, 6.07) is 5.10. The molecule has 1 fully saturated rings. The van der Waals surface area contributed by atoms with Crippen LogP contribution in [0, 0.1) is 5.82 Å². The van der Waals surface area contributed by atoms with Gasteiger partial charge in [-0.2, -0.15) is 0 Å². The number of hydrogen-bond acceptors (Lipinski definition) is 5. The Labute approximate surface area is 147 Å². The van der Waals surface area contributed by atoms with Crippen LogP contribution in [0.15, 0.2) is 34.0 Å². The summed E-state index contributed by atoms with van der Waals surface area (Å²) < 4.78 is 21.5. The zero-order valence-electron chi connectivity index (χ0n) is 14.1. The molecule has 3 aromatic heterocycles. The summed E-state index contributed by atoms with van der Waals surface area (Å²) in [4.78, 5) is 31.2. The van der Waals surface area contributed by atoms with Gasteiger partial charge in [0, 0.05) is 12.1 Å². The van der Waals surface area contributed by atoms with E-state index in [1.54, 1.807) is 18.2 Å². The van der Waals surface area contributed by atoms with Crippen molar-refractivity contribution >= 4 is 5.52 Å². The number of nitrogens with two attached hydrogens (primary N) is 1. The van der Waals surface area contributed by atoms with E-state index in [-0.39, 0.29) is 23.8 Å². The van der Waals surface area contributed by atoms with Crippen molar-refractivity contribution in [3.05, 3.63) is 62.3 Å². The van der Waals surface area contributed by atoms with Crippen LogP contribution in [-0.4, -0.2) is 21.5 Å². The summed E-state index contributed by atoms with van der Waals surface area (Å²) in [6.07, 6.45) is 2.75. The summed E-state index contributed by atoms with van der Waals surface area (Å²) in [6.45, 7) is 0.206. The summed E-state index contributed by atoms with van der Waals surface area (Å²) in [7, 11) is 1.38. The van der Waals surface area contributed by atoms with Crippen LogP contribution in [0.1, 0.15) is 30.0 Å². The molecular formula is C18H17FN4O3. The number of aromatic nitrogens is 3. The van der Waals surface area contributed by atoms with Gasteiger partial charge >= 0.3 is 5.69 Å². The summed E-state index contributed by atoms with van der Waals surface area (Å²) in [5, 5.41) is 0. The zero-order chi connectivity index (χ0) is 18.4. The Balaban J connectivity index is 2.15. The SMILES string of the molecule is COc1c(-c2cccc(CN)n2)c(F)cn2c(=O)[nH]c(=O)c(C3CC3)c12. The van der Waals surface area contributed by atoms with Gasteiger partial charge in [0.1, 0.15) is 5.52 Å². The Morgan fingerprint density at radius 3 is 2.81 bits per heavy atom. The molecule has 1 aliphatic rings. The summed E-state index contributed by atoms with van der Waals surface area (Å²) in [5.41, 5.74) is 6.23. The van der Waals surface area contributed by atoms with E-state index in [9.17, 15) is 14.0 Å². The predicted octanol–water partition coefficient (Wildman–Crippen LogP) is 1.53. The van der Waals surface area contributed by atoms with Crippen LogP contribution in [0.4, 0.5) is 4.39 Å². The highest BCUT2D eigenvalue weighted by molar-refractivity contribution is 5.80. The van der Waals surface area contributed by atoms with E-state index >= 15 is 0 Å². The van der Waals surface area contributed by atoms with Crippen LogP contribution in [0.3, 0.4) is 0 Å². The lowest BCUT2D eigenvalue weighted by molar-refractivity contribution is 0.414. The van der Waals surface area contributed by atoms with E-state index in [1.165, 1.54) is 7.11 Å². The van der Waals surface area contributed by atoms with Gasteiger partial charge in [0.25, 0.3) is 5.56 Å². The maximum atomic E-state index is 14.9. The van der Waals surface area contributed by atoms with Crippen LogP contribution in [0.5, 0.6) is 5.75 Å². The molecule has 0 amide bonds. The number of aromatic amines is 1. The van der Waals surface area contributed by atoms with E-state index in [4.69, 9.17) is 10.5 Å². The third-order valence-electron chi connectivity index (χ3n) is 4.57. The number of nitrogens with one attached hydrogen (secondary N) is 1. The Kier molecular flexibility index (Phi) is 3.84. The first-order valence-electron chi connectivity index (χ1n) is 8.26. The number of ether oxygens (including phenoxy) is 1. The standard InChI is InChI=1S/C18H17FN4O3/c1-26-16-14(12-4-2-3-10(7-20)21-12)11(19)8-23-15(16)13(9-5-6-9)17(24)22-18(23)25/h2-4,8-9H,5-7,20H2,1H3,(H,22,24,25). The van der Waals surface area contributed by atoms with Crippen LogP contribution in [-0.2, 0) is 6.54 Å². The van der Waals surface area contributed by atoms with Crippen molar-refractivity contribution in [1.82, 2.24) is 14.4 Å². The first-order chi connectivity index (χ1) is 12.5. The number of fused-ring (bicyclic) bond motifs is 1. The van der Waals surface area contributed by atoms with Crippen LogP contribution in [0.25, 0.3) is 16.8 Å². The molecule has 3 N–H and O–H groups in total. The van der Waals surface area contributed by atoms with E-state index in [1.807, 2.05) is 0 Å². The first kappa shape index (κ1) is 16.5. The average molecular weight is 356 g/mol. The third-order valence-corrected chi connectivity index (χ3v) is 4.57. The van der Waals surface area contributed by atoms with Crippen LogP contribution < -0.4 is 21.7 Å². The monoisotopic (exact) mass is 356 g/mol. The number of halogens is 1. The molecule has 8 heteroatoms. The molecule has 0 bridgehead atoms. The van der Waals surface area contributed by atoms with Gasteiger partial charge in [-0.3, -0.25) is 19.2 Å². The molecule has 3 heterocycles. The van der Waals surface area contributed by atoms with Crippen molar-refractivity contribution in [2.75, 3.05) is 7.11 Å². The first-order valence-corrected chi connectivity index (χ1v) is 8.26.